The Morgan fingerprint density at radius 1 is 1.19 bits per heavy atom. The molecule has 3 aliphatic rings. The number of fused-ring (bicyclic) bond motifs is 2. The third kappa shape index (κ3) is 1.22. The van der Waals surface area contributed by atoms with Crippen LogP contribution in [-0.4, -0.2) is 12.1 Å². The fraction of sp³-hybridized carbons (Fsp3) is 0.929. The van der Waals surface area contributed by atoms with Gasteiger partial charge in [0.2, 0.25) is 0 Å². The molecule has 2 nitrogen and oxygen atoms in total. The van der Waals surface area contributed by atoms with Gasteiger partial charge in [-0.25, -0.2) is 0 Å². The second kappa shape index (κ2) is 3.02. The van der Waals surface area contributed by atoms with Crippen LogP contribution in [0.25, 0.3) is 0 Å². The number of carbonyl (C=O) groups excluding carboxylic acids is 1. The van der Waals surface area contributed by atoms with Crippen molar-refractivity contribution in [1.82, 2.24) is 0 Å². The third-order valence-corrected chi connectivity index (χ3v) is 5.88. The molecule has 3 rings (SSSR count). The predicted octanol–water partition coefficient (Wildman–Crippen LogP) is 3.15. The molecule has 1 unspecified atom stereocenters. The largest absolute Gasteiger partial charge is 0.462 e. The summed E-state index contributed by atoms with van der Waals surface area (Å²) >= 11 is 0. The summed E-state index contributed by atoms with van der Waals surface area (Å²) in [6, 6.07) is 0. The number of ether oxygens (including phenoxy) is 1. The molecule has 0 heterocycles. The van der Waals surface area contributed by atoms with Crippen molar-refractivity contribution in [1.29, 1.82) is 0 Å². The molecule has 2 heteroatoms. The van der Waals surface area contributed by atoms with Gasteiger partial charge < -0.3 is 4.74 Å². The van der Waals surface area contributed by atoms with Crippen LogP contribution in [0.4, 0.5) is 0 Å². The van der Waals surface area contributed by atoms with Gasteiger partial charge in [0, 0.05) is 5.41 Å². The Morgan fingerprint density at radius 2 is 1.88 bits per heavy atom. The van der Waals surface area contributed by atoms with E-state index >= 15 is 0 Å². The van der Waals surface area contributed by atoms with E-state index in [1.165, 1.54) is 12.8 Å². The lowest BCUT2D eigenvalue weighted by atomic mass is 9.70. The van der Waals surface area contributed by atoms with E-state index in [1.807, 2.05) is 0 Å². The summed E-state index contributed by atoms with van der Waals surface area (Å²) in [5.41, 5.74) is 0.573. The summed E-state index contributed by atoms with van der Waals surface area (Å²) < 4.78 is 5.77. The van der Waals surface area contributed by atoms with Crippen molar-refractivity contribution in [2.75, 3.05) is 0 Å². The second-order valence-electron chi connectivity index (χ2n) is 6.81. The Hall–Kier alpha value is -0.530. The van der Waals surface area contributed by atoms with Crippen LogP contribution in [0, 0.1) is 22.7 Å². The smallest absolute Gasteiger partial charge is 0.309 e. The first-order valence-electron chi connectivity index (χ1n) is 6.65. The van der Waals surface area contributed by atoms with Crippen molar-refractivity contribution in [3.63, 3.8) is 0 Å². The average molecular weight is 222 g/mol. The van der Waals surface area contributed by atoms with E-state index in [1.54, 1.807) is 0 Å². The van der Waals surface area contributed by atoms with E-state index in [0.717, 1.165) is 25.2 Å². The summed E-state index contributed by atoms with van der Waals surface area (Å²) in [6.07, 6.45) is 5.94. The third-order valence-electron chi connectivity index (χ3n) is 5.88. The molecule has 0 aliphatic heterocycles. The van der Waals surface area contributed by atoms with Gasteiger partial charge in [-0.05, 0) is 43.4 Å². The number of rotatable bonds is 2. The lowest BCUT2D eigenvalue weighted by Crippen LogP contribution is -2.38. The Bertz CT molecular complexity index is 330. The van der Waals surface area contributed by atoms with Crippen molar-refractivity contribution in [3.05, 3.63) is 0 Å². The van der Waals surface area contributed by atoms with Crippen molar-refractivity contribution in [3.8, 4) is 0 Å². The lowest BCUT2D eigenvalue weighted by molar-refractivity contribution is -0.158. The Balaban J connectivity index is 1.76. The molecule has 0 aromatic heterocycles. The highest BCUT2D eigenvalue weighted by molar-refractivity contribution is 5.75. The first-order chi connectivity index (χ1) is 7.45. The van der Waals surface area contributed by atoms with Gasteiger partial charge in [0.1, 0.15) is 6.10 Å². The number of hydrogen-bond acceptors (Lipinski definition) is 2. The SMILES string of the molecule is CC1(C)[C@@H]2CC[C@]1(C)C(OC(=O)C1CC1)C2. The van der Waals surface area contributed by atoms with Crippen LogP contribution in [0.5, 0.6) is 0 Å². The number of carbonyl (C=O) groups is 1. The van der Waals surface area contributed by atoms with Crippen LogP contribution in [0.3, 0.4) is 0 Å². The molecule has 3 fully saturated rings. The van der Waals surface area contributed by atoms with Gasteiger partial charge in [-0.1, -0.05) is 20.8 Å². The van der Waals surface area contributed by atoms with E-state index in [4.69, 9.17) is 4.74 Å². The highest BCUT2D eigenvalue weighted by Gasteiger charge is 2.63. The molecule has 3 aliphatic carbocycles. The zero-order valence-electron chi connectivity index (χ0n) is 10.6. The highest BCUT2D eigenvalue weighted by atomic mass is 16.5. The van der Waals surface area contributed by atoms with Crippen LogP contribution in [0.2, 0.25) is 0 Å². The van der Waals surface area contributed by atoms with Gasteiger partial charge in [-0.2, -0.15) is 0 Å². The average Bonchev–Trinajstić information content (AvgIpc) is 2.98. The molecule has 0 spiro atoms. The highest BCUT2D eigenvalue weighted by Crippen LogP contribution is 2.66. The first-order valence-corrected chi connectivity index (χ1v) is 6.65. The van der Waals surface area contributed by atoms with Crippen LogP contribution < -0.4 is 0 Å². The maximum absolute atomic E-state index is 11.8. The first kappa shape index (κ1) is 10.6. The summed E-state index contributed by atoms with van der Waals surface area (Å²) in [7, 11) is 0. The molecule has 0 saturated heterocycles. The standard InChI is InChI=1S/C14H22O2/c1-13(2)10-6-7-14(13,3)11(8-10)16-12(15)9-4-5-9/h9-11H,4-8H2,1-3H3/t10-,11?,14-/m1/s1. The second-order valence-corrected chi connectivity index (χ2v) is 6.81. The van der Waals surface area contributed by atoms with Crippen molar-refractivity contribution >= 4 is 5.97 Å². The molecule has 2 bridgehead atoms. The number of hydrogen-bond donors (Lipinski definition) is 0. The lowest BCUT2D eigenvalue weighted by Gasteiger charge is -2.38. The van der Waals surface area contributed by atoms with Crippen molar-refractivity contribution in [2.24, 2.45) is 22.7 Å². The topological polar surface area (TPSA) is 26.3 Å². The minimum Gasteiger partial charge on any atom is -0.462 e. The van der Waals surface area contributed by atoms with E-state index in [2.05, 4.69) is 20.8 Å². The molecular formula is C14H22O2. The fourth-order valence-electron chi connectivity index (χ4n) is 3.86. The van der Waals surface area contributed by atoms with Gasteiger partial charge in [0.05, 0.1) is 5.92 Å². The van der Waals surface area contributed by atoms with E-state index in [-0.39, 0.29) is 23.4 Å². The van der Waals surface area contributed by atoms with Gasteiger partial charge in [0.25, 0.3) is 0 Å². The summed E-state index contributed by atoms with van der Waals surface area (Å²) in [5.74, 6) is 1.08. The molecule has 0 aromatic rings. The van der Waals surface area contributed by atoms with Crippen molar-refractivity contribution in [2.45, 2.75) is 59.0 Å². The van der Waals surface area contributed by atoms with Gasteiger partial charge >= 0.3 is 5.97 Å². The summed E-state index contributed by atoms with van der Waals surface area (Å²) in [4.78, 5) is 11.8. The molecule has 16 heavy (non-hydrogen) atoms. The van der Waals surface area contributed by atoms with Crippen LogP contribution >= 0.6 is 0 Å². The molecule has 3 saturated carbocycles. The van der Waals surface area contributed by atoms with E-state index < -0.39 is 0 Å². The molecule has 0 radical (unpaired) electrons. The van der Waals surface area contributed by atoms with Crippen LogP contribution in [-0.2, 0) is 9.53 Å². The predicted molar refractivity (Wildman–Crippen MR) is 61.8 cm³/mol. The maximum atomic E-state index is 11.8. The molecule has 0 N–H and O–H groups in total. The molecule has 0 amide bonds. The molecule has 0 aromatic carbocycles. The van der Waals surface area contributed by atoms with Gasteiger partial charge in [0.15, 0.2) is 0 Å². The molecular weight excluding hydrogens is 200 g/mol. The summed E-state index contributed by atoms with van der Waals surface area (Å²) in [6.45, 7) is 7.04. The minimum atomic E-state index is 0.0783. The number of esters is 1. The monoisotopic (exact) mass is 222 g/mol. The Morgan fingerprint density at radius 3 is 2.31 bits per heavy atom. The zero-order valence-corrected chi connectivity index (χ0v) is 10.6. The molecule has 90 valence electrons. The fourth-order valence-corrected chi connectivity index (χ4v) is 3.86. The summed E-state index contributed by atoms with van der Waals surface area (Å²) in [5, 5.41) is 0. The van der Waals surface area contributed by atoms with E-state index in [9.17, 15) is 4.79 Å². The zero-order chi connectivity index (χ0) is 11.6. The van der Waals surface area contributed by atoms with Gasteiger partial charge in [-0.3, -0.25) is 4.79 Å². The minimum absolute atomic E-state index is 0.0783. The Labute approximate surface area is 97.7 Å². The van der Waals surface area contributed by atoms with Gasteiger partial charge in [-0.15, -0.1) is 0 Å². The van der Waals surface area contributed by atoms with Crippen LogP contribution in [0.1, 0.15) is 52.9 Å². The molecule has 3 atom stereocenters. The quantitative estimate of drug-likeness (QED) is 0.671. The van der Waals surface area contributed by atoms with Crippen molar-refractivity contribution < 1.29 is 9.53 Å². The van der Waals surface area contributed by atoms with Crippen LogP contribution in [0.15, 0.2) is 0 Å². The maximum Gasteiger partial charge on any atom is 0.309 e. The Kier molecular flexibility index (Phi) is 2.01. The normalized spacial score (nSPS) is 44.7. The van der Waals surface area contributed by atoms with E-state index in [0.29, 0.717) is 5.41 Å².